The van der Waals surface area contributed by atoms with Crippen molar-refractivity contribution in [1.82, 2.24) is 15.1 Å². The van der Waals surface area contributed by atoms with Gasteiger partial charge in [-0.25, -0.2) is 0 Å². The lowest BCUT2D eigenvalue weighted by Gasteiger charge is -2.34. The van der Waals surface area contributed by atoms with Gasteiger partial charge in [0.15, 0.2) is 0 Å². The second-order valence-corrected chi connectivity index (χ2v) is 5.38. The van der Waals surface area contributed by atoms with Crippen molar-refractivity contribution in [3.63, 3.8) is 0 Å². The third kappa shape index (κ3) is 5.88. The fraction of sp³-hybridized carbons (Fsp3) is 0.857. The first-order valence-electron chi connectivity index (χ1n) is 7.59. The Morgan fingerprint density at radius 2 is 1.85 bits per heavy atom. The molecule has 1 heterocycles. The number of nitrogens with zero attached hydrogens (tertiary/aromatic N) is 2. The largest absolute Gasteiger partial charge is 0.355 e. The van der Waals surface area contributed by atoms with Gasteiger partial charge in [-0.2, -0.15) is 0 Å². The van der Waals surface area contributed by atoms with Crippen molar-refractivity contribution in [2.75, 3.05) is 39.3 Å². The number of rotatable bonds is 7. The Bertz CT molecular complexity index is 314. The maximum absolute atomic E-state index is 12.0. The lowest BCUT2D eigenvalue weighted by atomic mass is 10.1. The minimum absolute atomic E-state index is 0.0413. The molecule has 1 unspecified atom stereocenters. The van der Waals surface area contributed by atoms with E-state index in [1.165, 1.54) is 0 Å². The van der Waals surface area contributed by atoms with E-state index in [0.29, 0.717) is 26.1 Å². The molecule has 0 aromatic carbocycles. The zero-order valence-electron chi connectivity index (χ0n) is 12.7. The van der Waals surface area contributed by atoms with E-state index < -0.39 is 0 Å². The molecule has 20 heavy (non-hydrogen) atoms. The molecule has 0 aliphatic carbocycles. The molecule has 1 aliphatic heterocycles. The van der Waals surface area contributed by atoms with Crippen LogP contribution in [0, 0.1) is 0 Å². The number of nitrogens with two attached hydrogens (primary N) is 1. The van der Waals surface area contributed by atoms with Crippen LogP contribution in [0.3, 0.4) is 0 Å². The Hall–Kier alpha value is -1.14. The molecule has 0 bridgehead atoms. The van der Waals surface area contributed by atoms with E-state index in [1.54, 1.807) is 0 Å². The SMILES string of the molecule is CCCNC(=O)CN1CCN(C(=O)CC(N)CC)CC1. The Labute approximate surface area is 121 Å². The first kappa shape index (κ1) is 16.9. The summed E-state index contributed by atoms with van der Waals surface area (Å²) < 4.78 is 0. The van der Waals surface area contributed by atoms with Crippen LogP contribution in [0.5, 0.6) is 0 Å². The van der Waals surface area contributed by atoms with Crippen LogP contribution in [0.1, 0.15) is 33.1 Å². The molecule has 1 fully saturated rings. The molecular weight excluding hydrogens is 256 g/mol. The van der Waals surface area contributed by atoms with Crippen molar-refractivity contribution >= 4 is 11.8 Å². The fourth-order valence-electron chi connectivity index (χ4n) is 2.18. The zero-order chi connectivity index (χ0) is 15.0. The first-order valence-corrected chi connectivity index (χ1v) is 7.59. The molecule has 3 N–H and O–H groups in total. The maximum Gasteiger partial charge on any atom is 0.234 e. The van der Waals surface area contributed by atoms with Gasteiger partial charge in [0.2, 0.25) is 11.8 Å². The van der Waals surface area contributed by atoms with E-state index in [0.717, 1.165) is 32.5 Å². The average molecular weight is 284 g/mol. The van der Waals surface area contributed by atoms with Crippen molar-refractivity contribution < 1.29 is 9.59 Å². The summed E-state index contributed by atoms with van der Waals surface area (Å²) in [7, 11) is 0. The van der Waals surface area contributed by atoms with Crippen molar-refractivity contribution in [3.05, 3.63) is 0 Å². The van der Waals surface area contributed by atoms with Gasteiger partial charge < -0.3 is 16.0 Å². The number of piperazine rings is 1. The molecule has 1 saturated heterocycles. The minimum atomic E-state index is -0.0413. The molecule has 0 aromatic rings. The number of nitrogens with one attached hydrogen (secondary N) is 1. The summed E-state index contributed by atoms with van der Waals surface area (Å²) in [6.45, 7) is 8.07. The van der Waals surface area contributed by atoms with Gasteiger partial charge in [0.1, 0.15) is 0 Å². The van der Waals surface area contributed by atoms with E-state index in [1.807, 2.05) is 18.7 Å². The molecule has 1 rings (SSSR count). The molecule has 116 valence electrons. The highest BCUT2D eigenvalue weighted by Gasteiger charge is 2.23. The van der Waals surface area contributed by atoms with Crippen molar-refractivity contribution in [2.24, 2.45) is 5.73 Å². The summed E-state index contributed by atoms with van der Waals surface area (Å²) in [6.07, 6.45) is 2.20. The number of amides is 2. The van der Waals surface area contributed by atoms with E-state index in [2.05, 4.69) is 10.2 Å². The third-order valence-corrected chi connectivity index (χ3v) is 3.63. The van der Waals surface area contributed by atoms with Crippen LogP contribution in [0.25, 0.3) is 0 Å². The molecule has 0 aromatic heterocycles. The molecule has 1 aliphatic rings. The Balaban J connectivity index is 2.25. The molecular formula is C14H28N4O2. The van der Waals surface area contributed by atoms with Gasteiger partial charge in [0, 0.05) is 45.2 Å². The molecule has 0 saturated carbocycles. The van der Waals surface area contributed by atoms with E-state index in [9.17, 15) is 9.59 Å². The molecule has 0 spiro atoms. The van der Waals surface area contributed by atoms with Crippen LogP contribution in [0.4, 0.5) is 0 Å². The van der Waals surface area contributed by atoms with Crippen molar-refractivity contribution in [1.29, 1.82) is 0 Å². The highest BCUT2D eigenvalue weighted by Crippen LogP contribution is 2.05. The van der Waals surface area contributed by atoms with Gasteiger partial charge in [-0.05, 0) is 12.8 Å². The lowest BCUT2D eigenvalue weighted by Crippen LogP contribution is -2.51. The van der Waals surface area contributed by atoms with Crippen LogP contribution in [0.15, 0.2) is 0 Å². The second kappa shape index (κ2) is 8.92. The topological polar surface area (TPSA) is 78.7 Å². The Morgan fingerprint density at radius 1 is 1.20 bits per heavy atom. The van der Waals surface area contributed by atoms with Crippen LogP contribution < -0.4 is 11.1 Å². The fourth-order valence-corrected chi connectivity index (χ4v) is 2.18. The van der Waals surface area contributed by atoms with Crippen LogP contribution >= 0.6 is 0 Å². The summed E-state index contributed by atoms with van der Waals surface area (Å²) in [5.41, 5.74) is 5.81. The van der Waals surface area contributed by atoms with Gasteiger partial charge in [0.05, 0.1) is 6.54 Å². The van der Waals surface area contributed by atoms with Gasteiger partial charge in [0.25, 0.3) is 0 Å². The summed E-state index contributed by atoms with van der Waals surface area (Å²) >= 11 is 0. The highest BCUT2D eigenvalue weighted by atomic mass is 16.2. The molecule has 1 atom stereocenters. The van der Waals surface area contributed by atoms with Crippen LogP contribution in [-0.2, 0) is 9.59 Å². The predicted octanol–water partition coefficient (Wildman–Crippen LogP) is -0.216. The van der Waals surface area contributed by atoms with Gasteiger partial charge in [-0.3, -0.25) is 14.5 Å². The van der Waals surface area contributed by atoms with E-state index >= 15 is 0 Å². The summed E-state index contributed by atoms with van der Waals surface area (Å²) in [5, 5.41) is 2.87. The molecule has 6 nitrogen and oxygen atoms in total. The Morgan fingerprint density at radius 3 is 2.40 bits per heavy atom. The third-order valence-electron chi connectivity index (χ3n) is 3.63. The monoisotopic (exact) mass is 284 g/mol. The van der Waals surface area contributed by atoms with E-state index in [-0.39, 0.29) is 17.9 Å². The van der Waals surface area contributed by atoms with Crippen LogP contribution in [0.2, 0.25) is 0 Å². The number of carbonyl (C=O) groups is 2. The van der Waals surface area contributed by atoms with E-state index in [4.69, 9.17) is 5.73 Å². The number of carbonyl (C=O) groups excluding carboxylic acids is 2. The number of hydrogen-bond acceptors (Lipinski definition) is 4. The molecule has 6 heteroatoms. The van der Waals surface area contributed by atoms with Gasteiger partial charge >= 0.3 is 0 Å². The quantitative estimate of drug-likeness (QED) is 0.678. The summed E-state index contributed by atoms with van der Waals surface area (Å²) in [4.78, 5) is 27.6. The highest BCUT2D eigenvalue weighted by molar-refractivity contribution is 5.78. The smallest absolute Gasteiger partial charge is 0.234 e. The molecule has 0 radical (unpaired) electrons. The lowest BCUT2D eigenvalue weighted by molar-refractivity contribution is -0.133. The second-order valence-electron chi connectivity index (χ2n) is 5.38. The van der Waals surface area contributed by atoms with Crippen molar-refractivity contribution in [2.45, 2.75) is 39.2 Å². The summed E-state index contributed by atoms with van der Waals surface area (Å²) in [5.74, 6) is 0.203. The molecule has 2 amide bonds. The normalized spacial score (nSPS) is 17.9. The standard InChI is InChI=1S/C14H28N4O2/c1-3-5-16-13(19)11-17-6-8-18(9-7-17)14(20)10-12(15)4-2/h12H,3-11,15H2,1-2H3,(H,16,19). The Kier molecular flexibility index (Phi) is 7.54. The number of hydrogen-bond donors (Lipinski definition) is 2. The van der Waals surface area contributed by atoms with Gasteiger partial charge in [-0.15, -0.1) is 0 Å². The maximum atomic E-state index is 12.0. The zero-order valence-corrected chi connectivity index (χ0v) is 12.7. The van der Waals surface area contributed by atoms with Gasteiger partial charge in [-0.1, -0.05) is 13.8 Å². The summed E-state index contributed by atoms with van der Waals surface area (Å²) in [6, 6.07) is -0.0413. The van der Waals surface area contributed by atoms with Crippen molar-refractivity contribution in [3.8, 4) is 0 Å². The first-order chi connectivity index (χ1) is 9.56. The average Bonchev–Trinajstić information content (AvgIpc) is 2.45. The predicted molar refractivity (Wildman–Crippen MR) is 79.2 cm³/mol. The minimum Gasteiger partial charge on any atom is -0.355 e. The van der Waals surface area contributed by atoms with Crippen LogP contribution in [-0.4, -0.2) is 66.9 Å².